The quantitative estimate of drug-likeness (QED) is 0.804. The van der Waals surface area contributed by atoms with E-state index in [1.807, 2.05) is 6.20 Å². The molecule has 4 heteroatoms. The first-order valence-electron chi connectivity index (χ1n) is 4.06. The van der Waals surface area contributed by atoms with E-state index in [0.29, 0.717) is 0 Å². The molecule has 1 aromatic heterocycles. The van der Waals surface area contributed by atoms with Gasteiger partial charge in [0.2, 0.25) is 0 Å². The lowest BCUT2D eigenvalue weighted by molar-refractivity contribution is 0.0135. The van der Waals surface area contributed by atoms with Gasteiger partial charge in [-0.3, -0.25) is 0 Å². The number of hydrogen-bond donors (Lipinski definition) is 1. The fourth-order valence-corrected chi connectivity index (χ4v) is 1.87. The van der Waals surface area contributed by atoms with Crippen molar-refractivity contribution in [3.63, 3.8) is 0 Å². The van der Waals surface area contributed by atoms with Crippen LogP contribution in [0.15, 0.2) is 10.9 Å². The number of halogens is 1. The molecular weight excluding hydrogens is 220 g/mol. The zero-order valence-electron chi connectivity index (χ0n) is 6.93. The Balaban J connectivity index is 2.28. The highest BCUT2D eigenvalue weighted by molar-refractivity contribution is 9.10. The number of rotatable bonds is 1. The molecule has 1 saturated heterocycles. The van der Waals surface area contributed by atoms with Crippen molar-refractivity contribution in [2.75, 3.05) is 6.61 Å². The number of imidazole rings is 1. The largest absolute Gasteiger partial charge is 0.369 e. The summed E-state index contributed by atoms with van der Waals surface area (Å²) in [6, 6.07) is 0. The van der Waals surface area contributed by atoms with E-state index in [2.05, 4.69) is 32.8 Å². The van der Waals surface area contributed by atoms with Crippen molar-refractivity contribution >= 4 is 15.9 Å². The summed E-state index contributed by atoms with van der Waals surface area (Å²) in [7, 11) is 0. The molecule has 1 N–H and O–H groups in total. The van der Waals surface area contributed by atoms with Crippen LogP contribution in [0.5, 0.6) is 0 Å². The molecule has 66 valence electrons. The lowest BCUT2D eigenvalue weighted by atomic mass is 10.00. The molecule has 0 amide bonds. The third kappa shape index (κ3) is 1.29. The molecule has 1 unspecified atom stereocenters. The minimum Gasteiger partial charge on any atom is -0.369 e. The zero-order chi connectivity index (χ0) is 8.60. The summed E-state index contributed by atoms with van der Waals surface area (Å²) < 4.78 is 6.42. The molecule has 0 saturated carbocycles. The molecule has 2 rings (SSSR count). The molecule has 3 nitrogen and oxygen atoms in total. The molecule has 1 aliphatic heterocycles. The summed E-state index contributed by atoms with van der Waals surface area (Å²) in [5, 5.41) is 0. The van der Waals surface area contributed by atoms with Crippen LogP contribution in [0, 0.1) is 0 Å². The first-order chi connectivity index (χ1) is 5.71. The fraction of sp³-hybridized carbons (Fsp3) is 0.625. The van der Waals surface area contributed by atoms with E-state index in [4.69, 9.17) is 4.74 Å². The minimum atomic E-state index is -0.140. The van der Waals surface area contributed by atoms with Crippen molar-refractivity contribution in [3.8, 4) is 0 Å². The number of aromatic amines is 1. The summed E-state index contributed by atoms with van der Waals surface area (Å²) >= 11 is 3.28. The van der Waals surface area contributed by atoms with Crippen molar-refractivity contribution < 1.29 is 4.74 Å². The Morgan fingerprint density at radius 1 is 1.75 bits per heavy atom. The van der Waals surface area contributed by atoms with E-state index in [1.165, 1.54) is 0 Å². The third-order valence-electron chi connectivity index (χ3n) is 2.33. The van der Waals surface area contributed by atoms with Gasteiger partial charge in [0.25, 0.3) is 0 Å². The molecule has 1 fully saturated rings. The molecule has 2 heterocycles. The highest BCUT2D eigenvalue weighted by Crippen LogP contribution is 2.34. The van der Waals surface area contributed by atoms with Gasteiger partial charge in [-0.15, -0.1) is 0 Å². The van der Waals surface area contributed by atoms with Gasteiger partial charge in [0.15, 0.2) is 4.73 Å². The summed E-state index contributed by atoms with van der Waals surface area (Å²) in [6.07, 6.45) is 4.03. The van der Waals surface area contributed by atoms with Crippen LogP contribution in [0.4, 0.5) is 0 Å². The van der Waals surface area contributed by atoms with Crippen LogP contribution in [0.3, 0.4) is 0 Å². The number of ether oxygens (including phenoxy) is 1. The normalized spacial score (nSPS) is 29.5. The average Bonchev–Trinajstić information content (AvgIpc) is 2.59. The number of nitrogens with one attached hydrogen (secondary N) is 1. The maximum atomic E-state index is 5.65. The van der Waals surface area contributed by atoms with Crippen LogP contribution >= 0.6 is 15.9 Å². The molecule has 1 aromatic rings. The Labute approximate surface area is 79.7 Å². The van der Waals surface area contributed by atoms with Gasteiger partial charge in [0.05, 0.1) is 11.9 Å². The van der Waals surface area contributed by atoms with E-state index in [9.17, 15) is 0 Å². The monoisotopic (exact) mass is 230 g/mol. The number of nitrogens with zero attached hydrogens (tertiary/aromatic N) is 1. The average molecular weight is 231 g/mol. The van der Waals surface area contributed by atoms with Gasteiger partial charge in [-0.2, -0.15) is 0 Å². The second kappa shape index (κ2) is 2.85. The first-order valence-corrected chi connectivity index (χ1v) is 4.85. The highest BCUT2D eigenvalue weighted by Gasteiger charge is 2.33. The number of hydrogen-bond acceptors (Lipinski definition) is 2. The van der Waals surface area contributed by atoms with E-state index >= 15 is 0 Å². The molecular formula is C8H11BrN2O. The third-order valence-corrected chi connectivity index (χ3v) is 2.74. The first kappa shape index (κ1) is 8.26. The molecule has 0 spiro atoms. The van der Waals surface area contributed by atoms with Gasteiger partial charge in [0.1, 0.15) is 5.60 Å². The van der Waals surface area contributed by atoms with Crippen LogP contribution in [0.1, 0.15) is 25.5 Å². The maximum absolute atomic E-state index is 5.65. The van der Waals surface area contributed by atoms with E-state index in [1.54, 1.807) is 0 Å². The van der Waals surface area contributed by atoms with Crippen LogP contribution in [0.25, 0.3) is 0 Å². The van der Waals surface area contributed by atoms with Crippen molar-refractivity contribution in [3.05, 3.63) is 16.6 Å². The molecule has 0 radical (unpaired) electrons. The maximum Gasteiger partial charge on any atom is 0.174 e. The molecule has 1 atom stereocenters. The summed E-state index contributed by atoms with van der Waals surface area (Å²) in [6.45, 7) is 2.95. The summed E-state index contributed by atoms with van der Waals surface area (Å²) in [5.74, 6) is 0. The number of aromatic nitrogens is 2. The zero-order valence-corrected chi connectivity index (χ0v) is 8.52. The van der Waals surface area contributed by atoms with Gasteiger partial charge in [0, 0.05) is 6.61 Å². The predicted molar refractivity (Wildman–Crippen MR) is 48.8 cm³/mol. The standard InChI is InChI=1S/C8H11BrN2O/c1-8(3-2-4-12-8)6-5-10-7(9)11-6/h5H,2-4H2,1H3,(H,10,11). The summed E-state index contributed by atoms with van der Waals surface area (Å²) in [4.78, 5) is 7.23. The topological polar surface area (TPSA) is 37.9 Å². The lowest BCUT2D eigenvalue weighted by Gasteiger charge is -2.20. The Morgan fingerprint density at radius 2 is 2.58 bits per heavy atom. The van der Waals surface area contributed by atoms with Gasteiger partial charge in [-0.05, 0) is 35.7 Å². The smallest absolute Gasteiger partial charge is 0.174 e. The number of H-pyrrole nitrogens is 1. The Kier molecular flexibility index (Phi) is 1.96. The molecule has 12 heavy (non-hydrogen) atoms. The van der Waals surface area contributed by atoms with Crippen molar-refractivity contribution in [2.24, 2.45) is 0 Å². The fourth-order valence-electron chi connectivity index (χ4n) is 1.56. The predicted octanol–water partition coefficient (Wildman–Crippen LogP) is 2.20. The second-order valence-corrected chi connectivity index (χ2v) is 4.02. The van der Waals surface area contributed by atoms with Crippen LogP contribution in [0.2, 0.25) is 0 Å². The van der Waals surface area contributed by atoms with Crippen molar-refractivity contribution in [2.45, 2.75) is 25.4 Å². The van der Waals surface area contributed by atoms with E-state index in [0.717, 1.165) is 29.9 Å². The van der Waals surface area contributed by atoms with Crippen LogP contribution in [-0.2, 0) is 10.3 Å². The molecule has 0 aromatic carbocycles. The minimum absolute atomic E-state index is 0.140. The Bertz CT molecular complexity index is 278. The lowest BCUT2D eigenvalue weighted by Crippen LogP contribution is -2.20. The summed E-state index contributed by atoms with van der Waals surface area (Å²) in [5.41, 5.74) is 0.922. The van der Waals surface area contributed by atoms with E-state index < -0.39 is 0 Å². The Morgan fingerprint density at radius 3 is 3.08 bits per heavy atom. The van der Waals surface area contributed by atoms with Crippen molar-refractivity contribution in [1.82, 2.24) is 9.97 Å². The molecule has 0 aliphatic carbocycles. The van der Waals surface area contributed by atoms with Gasteiger partial charge in [-0.1, -0.05) is 0 Å². The second-order valence-electron chi connectivity index (χ2n) is 3.27. The highest BCUT2D eigenvalue weighted by atomic mass is 79.9. The molecule has 1 aliphatic rings. The SMILES string of the molecule is CC1(c2cnc(Br)[nH]2)CCCO1. The van der Waals surface area contributed by atoms with E-state index in [-0.39, 0.29) is 5.60 Å². The van der Waals surface area contributed by atoms with Crippen LogP contribution in [-0.4, -0.2) is 16.6 Å². The van der Waals surface area contributed by atoms with Gasteiger partial charge in [-0.25, -0.2) is 4.98 Å². The molecule has 0 bridgehead atoms. The Hall–Kier alpha value is -0.350. The van der Waals surface area contributed by atoms with Crippen LogP contribution < -0.4 is 0 Å². The van der Waals surface area contributed by atoms with Gasteiger partial charge >= 0.3 is 0 Å². The van der Waals surface area contributed by atoms with Crippen molar-refractivity contribution in [1.29, 1.82) is 0 Å². The van der Waals surface area contributed by atoms with Gasteiger partial charge < -0.3 is 9.72 Å².